The van der Waals surface area contributed by atoms with Crippen LogP contribution in [0.5, 0.6) is 0 Å². The van der Waals surface area contributed by atoms with Crippen molar-refractivity contribution in [3.63, 3.8) is 0 Å². The Morgan fingerprint density at radius 2 is 1.70 bits per heavy atom. The number of nitrogens with zero attached hydrogens (tertiary/aromatic N) is 2. The van der Waals surface area contributed by atoms with Crippen LogP contribution in [0, 0.1) is 23.2 Å². The third kappa shape index (κ3) is 3.79. The molecule has 0 spiro atoms. The number of benzene rings is 1. The van der Waals surface area contributed by atoms with Gasteiger partial charge in [-0.2, -0.15) is 5.10 Å². The van der Waals surface area contributed by atoms with Crippen LogP contribution in [0.2, 0.25) is 0 Å². The maximum absolute atomic E-state index is 12.6. The first-order chi connectivity index (χ1) is 14.5. The Hall–Kier alpha value is -2.17. The van der Waals surface area contributed by atoms with Crippen LogP contribution in [0.15, 0.2) is 35.4 Å². The van der Waals surface area contributed by atoms with E-state index in [-0.39, 0.29) is 30.7 Å². The highest BCUT2D eigenvalue weighted by Gasteiger charge is 2.53. The molecule has 4 fully saturated rings. The minimum atomic E-state index is -0.0569. The number of hydrogen-bond donors (Lipinski definition) is 1. The van der Waals surface area contributed by atoms with E-state index in [0.29, 0.717) is 12.0 Å². The lowest BCUT2D eigenvalue weighted by Gasteiger charge is -2.59. The summed E-state index contributed by atoms with van der Waals surface area (Å²) in [5.41, 5.74) is 2.32. The van der Waals surface area contributed by atoms with E-state index in [4.69, 9.17) is 0 Å². The average molecular weight is 408 g/mol. The van der Waals surface area contributed by atoms with Crippen molar-refractivity contribution in [1.29, 1.82) is 0 Å². The summed E-state index contributed by atoms with van der Waals surface area (Å²) in [7, 11) is 0. The van der Waals surface area contributed by atoms with E-state index >= 15 is 0 Å². The highest BCUT2D eigenvalue weighted by molar-refractivity contribution is 6.02. The van der Waals surface area contributed by atoms with E-state index in [1.165, 1.54) is 43.5 Å². The molecular formula is C25H33N3O2. The standard InChI is InChI=1S/C25H33N3O2/c1-17(25-14-18-11-19(15-25)13-20(12-18)16-25)26-23(29)7-8-24(30)28-10-9-22(27-28)21-5-3-2-4-6-21/h2-6,17-20H,7-16H2,1H3,(H,26,29). The summed E-state index contributed by atoms with van der Waals surface area (Å²) in [6.07, 6.45) is 9.33. The van der Waals surface area contributed by atoms with Crippen molar-refractivity contribution < 1.29 is 9.59 Å². The smallest absolute Gasteiger partial charge is 0.243 e. The van der Waals surface area contributed by atoms with Gasteiger partial charge in [-0.05, 0) is 74.2 Å². The van der Waals surface area contributed by atoms with Crippen LogP contribution in [0.25, 0.3) is 0 Å². The second-order valence-electron chi connectivity index (χ2n) is 10.2. The molecule has 0 saturated heterocycles. The van der Waals surface area contributed by atoms with E-state index in [2.05, 4.69) is 17.3 Å². The summed E-state index contributed by atoms with van der Waals surface area (Å²) in [6.45, 7) is 2.80. The van der Waals surface area contributed by atoms with Gasteiger partial charge >= 0.3 is 0 Å². The fraction of sp³-hybridized carbons (Fsp3) is 0.640. The van der Waals surface area contributed by atoms with Crippen molar-refractivity contribution in [2.24, 2.45) is 28.3 Å². The molecular weight excluding hydrogens is 374 g/mol. The number of hydrogen-bond acceptors (Lipinski definition) is 3. The second kappa shape index (κ2) is 7.82. The maximum Gasteiger partial charge on any atom is 0.243 e. The van der Waals surface area contributed by atoms with E-state index in [0.717, 1.165) is 35.4 Å². The van der Waals surface area contributed by atoms with Crippen molar-refractivity contribution >= 4 is 17.5 Å². The third-order valence-electron chi connectivity index (χ3n) is 8.14. The topological polar surface area (TPSA) is 61.8 Å². The fourth-order valence-electron chi connectivity index (χ4n) is 6.99. The Balaban J connectivity index is 1.12. The van der Waals surface area contributed by atoms with E-state index in [9.17, 15) is 9.59 Å². The fourth-order valence-corrected chi connectivity index (χ4v) is 6.99. The van der Waals surface area contributed by atoms with Crippen LogP contribution in [-0.2, 0) is 9.59 Å². The van der Waals surface area contributed by atoms with Gasteiger partial charge in [-0.15, -0.1) is 0 Å². The van der Waals surface area contributed by atoms with Crippen molar-refractivity contribution in [3.8, 4) is 0 Å². The molecule has 4 aliphatic carbocycles. The van der Waals surface area contributed by atoms with Gasteiger partial charge in [0.1, 0.15) is 0 Å². The molecule has 0 aromatic heterocycles. The molecule has 1 unspecified atom stereocenters. The van der Waals surface area contributed by atoms with Gasteiger partial charge in [0, 0.05) is 25.3 Å². The first kappa shape index (κ1) is 19.8. The zero-order valence-corrected chi connectivity index (χ0v) is 18.0. The van der Waals surface area contributed by atoms with Crippen LogP contribution >= 0.6 is 0 Å². The predicted molar refractivity (Wildman–Crippen MR) is 117 cm³/mol. The van der Waals surface area contributed by atoms with Gasteiger partial charge in [0.2, 0.25) is 11.8 Å². The summed E-state index contributed by atoms with van der Waals surface area (Å²) in [4.78, 5) is 25.2. The minimum absolute atomic E-state index is 0.0121. The Labute approximate surface area is 179 Å². The summed E-state index contributed by atoms with van der Waals surface area (Å²) in [6, 6.07) is 10.2. The van der Waals surface area contributed by atoms with Crippen molar-refractivity contribution in [1.82, 2.24) is 10.3 Å². The number of rotatable bonds is 6. The average Bonchev–Trinajstić information content (AvgIpc) is 3.22. The van der Waals surface area contributed by atoms with Gasteiger partial charge in [-0.3, -0.25) is 9.59 Å². The zero-order valence-electron chi connectivity index (χ0n) is 18.0. The monoisotopic (exact) mass is 407 g/mol. The van der Waals surface area contributed by atoms with Crippen LogP contribution in [0.4, 0.5) is 0 Å². The third-order valence-corrected chi connectivity index (χ3v) is 8.14. The summed E-state index contributed by atoms with van der Waals surface area (Å²) >= 11 is 0. The van der Waals surface area contributed by atoms with Gasteiger partial charge in [-0.1, -0.05) is 30.3 Å². The molecule has 30 heavy (non-hydrogen) atoms. The highest BCUT2D eigenvalue weighted by Crippen LogP contribution is 2.61. The lowest BCUT2D eigenvalue weighted by Crippen LogP contribution is -2.55. The minimum Gasteiger partial charge on any atom is -0.353 e. The number of nitrogens with one attached hydrogen (secondary N) is 1. The van der Waals surface area contributed by atoms with Crippen LogP contribution < -0.4 is 5.32 Å². The Bertz CT molecular complexity index is 812. The Morgan fingerprint density at radius 1 is 1.07 bits per heavy atom. The molecule has 4 saturated carbocycles. The molecule has 2 amide bonds. The molecule has 1 N–H and O–H groups in total. The molecule has 4 bridgehead atoms. The molecule has 6 rings (SSSR count). The van der Waals surface area contributed by atoms with Gasteiger partial charge in [-0.25, -0.2) is 5.01 Å². The molecule has 160 valence electrons. The van der Waals surface area contributed by atoms with Gasteiger partial charge < -0.3 is 5.32 Å². The number of hydrazone groups is 1. The van der Waals surface area contributed by atoms with Crippen LogP contribution in [0.3, 0.4) is 0 Å². The number of carbonyl (C=O) groups is 2. The van der Waals surface area contributed by atoms with Crippen LogP contribution in [-0.4, -0.2) is 35.1 Å². The molecule has 0 radical (unpaired) electrons. The van der Waals surface area contributed by atoms with Gasteiger partial charge in [0.25, 0.3) is 0 Å². The Morgan fingerprint density at radius 3 is 2.33 bits per heavy atom. The first-order valence-electron chi connectivity index (χ1n) is 11.7. The van der Waals surface area contributed by atoms with Gasteiger partial charge in [0.05, 0.1) is 12.3 Å². The number of carbonyl (C=O) groups excluding carboxylic acids is 2. The largest absolute Gasteiger partial charge is 0.353 e. The van der Waals surface area contributed by atoms with E-state index < -0.39 is 0 Å². The van der Waals surface area contributed by atoms with Crippen molar-refractivity contribution in [2.75, 3.05) is 6.54 Å². The summed E-state index contributed by atoms with van der Waals surface area (Å²) in [5.74, 6) is 2.59. The van der Waals surface area contributed by atoms with Crippen molar-refractivity contribution in [2.45, 2.75) is 70.8 Å². The highest BCUT2D eigenvalue weighted by atomic mass is 16.2. The van der Waals surface area contributed by atoms with E-state index in [1.807, 2.05) is 30.3 Å². The molecule has 1 heterocycles. The SMILES string of the molecule is CC(NC(=O)CCC(=O)N1CCC(c2ccccc2)=N1)C12CC3CC(CC(C3)C1)C2. The zero-order chi connectivity index (χ0) is 20.7. The molecule has 5 heteroatoms. The second-order valence-corrected chi connectivity index (χ2v) is 10.2. The normalized spacial score (nSPS) is 32.8. The maximum atomic E-state index is 12.6. The lowest BCUT2D eigenvalue weighted by atomic mass is 9.48. The molecule has 1 aromatic carbocycles. The number of amides is 2. The molecule has 5 nitrogen and oxygen atoms in total. The molecule has 1 aromatic rings. The Kier molecular flexibility index (Phi) is 5.16. The van der Waals surface area contributed by atoms with Crippen LogP contribution in [0.1, 0.15) is 70.3 Å². The van der Waals surface area contributed by atoms with Crippen molar-refractivity contribution in [3.05, 3.63) is 35.9 Å². The predicted octanol–water partition coefficient (Wildman–Crippen LogP) is 4.12. The summed E-state index contributed by atoms with van der Waals surface area (Å²) < 4.78 is 0. The first-order valence-corrected chi connectivity index (χ1v) is 11.7. The quantitative estimate of drug-likeness (QED) is 0.771. The molecule has 1 atom stereocenters. The lowest BCUT2D eigenvalue weighted by molar-refractivity contribution is -0.134. The molecule has 1 aliphatic heterocycles. The van der Waals surface area contributed by atoms with E-state index in [1.54, 1.807) is 0 Å². The van der Waals surface area contributed by atoms with Gasteiger partial charge in [0.15, 0.2) is 0 Å². The molecule has 5 aliphatic rings. The summed E-state index contributed by atoms with van der Waals surface area (Å²) in [5, 5.41) is 9.30.